The Morgan fingerprint density at radius 2 is 2.00 bits per heavy atom. The van der Waals surface area contributed by atoms with E-state index in [0.717, 1.165) is 10.0 Å². The lowest BCUT2D eigenvalue weighted by Gasteiger charge is -2.10. The predicted octanol–water partition coefficient (Wildman–Crippen LogP) is 2.41. The van der Waals surface area contributed by atoms with Crippen molar-refractivity contribution in [2.24, 2.45) is 0 Å². The van der Waals surface area contributed by atoms with Crippen LogP contribution in [0, 0.1) is 0 Å². The summed E-state index contributed by atoms with van der Waals surface area (Å²) in [4.78, 5) is 11.4. The SMILES string of the molecule is CCC(O)CCNC(=O)NCc1ccc(Br)cc1. The minimum atomic E-state index is -0.336. The van der Waals surface area contributed by atoms with Crippen molar-refractivity contribution < 1.29 is 9.90 Å². The molecule has 1 unspecified atom stereocenters. The van der Waals surface area contributed by atoms with Gasteiger partial charge in [-0.15, -0.1) is 0 Å². The van der Waals surface area contributed by atoms with E-state index in [-0.39, 0.29) is 12.1 Å². The highest BCUT2D eigenvalue weighted by atomic mass is 79.9. The molecule has 0 saturated heterocycles. The molecule has 0 saturated carbocycles. The Labute approximate surface area is 116 Å². The first kappa shape index (κ1) is 15.0. The zero-order valence-electron chi connectivity index (χ0n) is 10.4. The van der Waals surface area contributed by atoms with Crippen LogP contribution in [-0.4, -0.2) is 23.8 Å². The molecule has 0 radical (unpaired) electrons. The van der Waals surface area contributed by atoms with E-state index in [9.17, 15) is 9.90 Å². The van der Waals surface area contributed by atoms with Gasteiger partial charge in [-0.3, -0.25) is 0 Å². The lowest BCUT2D eigenvalue weighted by molar-refractivity contribution is 0.160. The Balaban J connectivity index is 2.19. The standard InChI is InChI=1S/C13H19BrN2O2/c1-2-12(17)7-8-15-13(18)16-9-10-3-5-11(14)6-4-10/h3-6,12,17H,2,7-9H2,1H3,(H2,15,16,18). The van der Waals surface area contributed by atoms with E-state index < -0.39 is 0 Å². The third-order valence-electron chi connectivity index (χ3n) is 2.60. The van der Waals surface area contributed by atoms with E-state index in [1.165, 1.54) is 0 Å². The Morgan fingerprint density at radius 1 is 1.33 bits per heavy atom. The molecule has 0 spiro atoms. The average molecular weight is 315 g/mol. The number of aliphatic hydroxyl groups is 1. The van der Waals surface area contributed by atoms with Gasteiger partial charge in [-0.25, -0.2) is 4.79 Å². The normalized spacial score (nSPS) is 11.9. The highest BCUT2D eigenvalue weighted by molar-refractivity contribution is 9.10. The lowest BCUT2D eigenvalue weighted by Crippen LogP contribution is -2.36. The molecule has 1 rings (SSSR count). The first-order chi connectivity index (χ1) is 8.61. The van der Waals surface area contributed by atoms with Gasteiger partial charge in [-0.05, 0) is 30.5 Å². The van der Waals surface area contributed by atoms with Gasteiger partial charge >= 0.3 is 6.03 Å². The summed E-state index contributed by atoms with van der Waals surface area (Å²) in [6.45, 7) is 2.90. The highest BCUT2D eigenvalue weighted by Crippen LogP contribution is 2.10. The Kier molecular flexibility index (Phi) is 6.75. The molecule has 3 N–H and O–H groups in total. The molecule has 100 valence electrons. The van der Waals surface area contributed by atoms with Crippen molar-refractivity contribution in [2.45, 2.75) is 32.4 Å². The summed E-state index contributed by atoms with van der Waals surface area (Å²) < 4.78 is 1.02. The minimum Gasteiger partial charge on any atom is -0.393 e. The number of rotatable bonds is 6. The van der Waals surface area contributed by atoms with Crippen LogP contribution in [0.4, 0.5) is 4.79 Å². The number of halogens is 1. The molecule has 0 fully saturated rings. The van der Waals surface area contributed by atoms with E-state index in [1.54, 1.807) is 0 Å². The van der Waals surface area contributed by atoms with E-state index in [0.29, 0.717) is 25.9 Å². The molecule has 4 nitrogen and oxygen atoms in total. The second-order valence-corrected chi connectivity index (χ2v) is 5.00. The van der Waals surface area contributed by atoms with Crippen LogP contribution in [0.3, 0.4) is 0 Å². The molecular formula is C13H19BrN2O2. The summed E-state index contributed by atoms with van der Waals surface area (Å²) in [5.74, 6) is 0. The topological polar surface area (TPSA) is 61.4 Å². The molecule has 1 aromatic carbocycles. The minimum absolute atomic E-state index is 0.207. The summed E-state index contributed by atoms with van der Waals surface area (Å²) in [5.41, 5.74) is 1.04. The number of amides is 2. The summed E-state index contributed by atoms with van der Waals surface area (Å²) in [6, 6.07) is 7.57. The van der Waals surface area contributed by atoms with Crippen molar-refractivity contribution in [3.8, 4) is 0 Å². The molecule has 18 heavy (non-hydrogen) atoms. The number of hydrogen-bond donors (Lipinski definition) is 3. The average Bonchev–Trinajstić information content (AvgIpc) is 2.38. The molecule has 0 aliphatic heterocycles. The molecule has 2 amide bonds. The summed E-state index contributed by atoms with van der Waals surface area (Å²) >= 11 is 3.36. The smallest absolute Gasteiger partial charge is 0.315 e. The van der Waals surface area contributed by atoms with Gasteiger partial charge in [0, 0.05) is 17.6 Å². The largest absolute Gasteiger partial charge is 0.393 e. The number of hydrogen-bond acceptors (Lipinski definition) is 2. The fraction of sp³-hybridized carbons (Fsp3) is 0.462. The second-order valence-electron chi connectivity index (χ2n) is 4.09. The molecule has 0 aliphatic carbocycles. The number of aliphatic hydroxyl groups excluding tert-OH is 1. The van der Waals surface area contributed by atoms with Crippen molar-refractivity contribution in [1.29, 1.82) is 0 Å². The van der Waals surface area contributed by atoms with Crippen molar-refractivity contribution >= 4 is 22.0 Å². The van der Waals surface area contributed by atoms with E-state index in [4.69, 9.17) is 0 Å². The van der Waals surface area contributed by atoms with Crippen molar-refractivity contribution in [2.75, 3.05) is 6.54 Å². The van der Waals surface area contributed by atoms with E-state index in [2.05, 4.69) is 26.6 Å². The van der Waals surface area contributed by atoms with Gasteiger partial charge in [0.25, 0.3) is 0 Å². The van der Waals surface area contributed by atoms with Crippen LogP contribution in [0.2, 0.25) is 0 Å². The fourth-order valence-electron chi connectivity index (χ4n) is 1.40. The van der Waals surface area contributed by atoms with Crippen LogP contribution in [0.1, 0.15) is 25.3 Å². The van der Waals surface area contributed by atoms with E-state index >= 15 is 0 Å². The molecule has 1 aromatic rings. The van der Waals surface area contributed by atoms with Gasteiger partial charge in [0.1, 0.15) is 0 Å². The number of nitrogens with one attached hydrogen (secondary N) is 2. The van der Waals surface area contributed by atoms with Crippen LogP contribution in [0.5, 0.6) is 0 Å². The second kappa shape index (κ2) is 8.11. The zero-order valence-corrected chi connectivity index (χ0v) is 12.0. The van der Waals surface area contributed by atoms with Gasteiger partial charge in [0.2, 0.25) is 0 Å². The number of carbonyl (C=O) groups is 1. The van der Waals surface area contributed by atoms with Gasteiger partial charge in [-0.1, -0.05) is 35.0 Å². The number of urea groups is 1. The van der Waals surface area contributed by atoms with Gasteiger partial charge in [0.15, 0.2) is 0 Å². The van der Waals surface area contributed by atoms with Crippen LogP contribution in [0.15, 0.2) is 28.7 Å². The zero-order chi connectivity index (χ0) is 13.4. The molecule has 0 aromatic heterocycles. The van der Waals surface area contributed by atoms with Crippen molar-refractivity contribution in [1.82, 2.24) is 10.6 Å². The molecular weight excluding hydrogens is 296 g/mol. The lowest BCUT2D eigenvalue weighted by atomic mass is 10.2. The van der Waals surface area contributed by atoms with E-state index in [1.807, 2.05) is 31.2 Å². The molecule has 0 bridgehead atoms. The van der Waals surface area contributed by atoms with Crippen LogP contribution in [-0.2, 0) is 6.54 Å². The maximum Gasteiger partial charge on any atom is 0.315 e. The van der Waals surface area contributed by atoms with Crippen LogP contribution in [0.25, 0.3) is 0 Å². The highest BCUT2D eigenvalue weighted by Gasteiger charge is 2.03. The number of benzene rings is 1. The summed E-state index contributed by atoms with van der Waals surface area (Å²) in [6.07, 6.45) is 0.960. The van der Waals surface area contributed by atoms with Gasteiger partial charge in [-0.2, -0.15) is 0 Å². The van der Waals surface area contributed by atoms with Gasteiger partial charge in [0.05, 0.1) is 6.10 Å². The monoisotopic (exact) mass is 314 g/mol. The first-order valence-electron chi connectivity index (χ1n) is 6.06. The summed E-state index contributed by atoms with van der Waals surface area (Å²) in [5, 5.41) is 14.8. The molecule has 0 heterocycles. The van der Waals surface area contributed by atoms with Crippen molar-refractivity contribution in [3.05, 3.63) is 34.3 Å². The third kappa shape index (κ3) is 6.02. The summed E-state index contributed by atoms with van der Waals surface area (Å²) in [7, 11) is 0. The third-order valence-corrected chi connectivity index (χ3v) is 3.13. The molecule has 5 heteroatoms. The predicted molar refractivity (Wildman–Crippen MR) is 75.3 cm³/mol. The Hall–Kier alpha value is -1.07. The maximum atomic E-state index is 11.4. The quantitative estimate of drug-likeness (QED) is 0.755. The molecule has 0 aliphatic rings. The number of carbonyl (C=O) groups excluding carboxylic acids is 1. The van der Waals surface area contributed by atoms with Crippen LogP contribution >= 0.6 is 15.9 Å². The fourth-order valence-corrected chi connectivity index (χ4v) is 1.67. The Bertz CT molecular complexity index is 368. The Morgan fingerprint density at radius 3 is 2.61 bits per heavy atom. The van der Waals surface area contributed by atoms with Crippen molar-refractivity contribution in [3.63, 3.8) is 0 Å². The van der Waals surface area contributed by atoms with Crippen LogP contribution < -0.4 is 10.6 Å². The maximum absolute atomic E-state index is 11.4. The first-order valence-corrected chi connectivity index (χ1v) is 6.85. The van der Waals surface area contributed by atoms with Gasteiger partial charge < -0.3 is 15.7 Å². The molecule has 1 atom stereocenters.